The van der Waals surface area contributed by atoms with Gasteiger partial charge in [0.25, 0.3) is 0 Å². The van der Waals surface area contributed by atoms with E-state index in [1.54, 1.807) is 18.2 Å². The van der Waals surface area contributed by atoms with Crippen molar-refractivity contribution in [2.45, 2.75) is 57.2 Å². The number of hydrogen-bond acceptors (Lipinski definition) is 3. The van der Waals surface area contributed by atoms with Crippen LogP contribution in [0.1, 0.15) is 54.4 Å². The number of carboxylic acid groups (broad SMARTS) is 1. The molecule has 4 heteroatoms. The highest BCUT2D eigenvalue weighted by molar-refractivity contribution is 5.88. The molecule has 1 saturated carbocycles. The van der Waals surface area contributed by atoms with Crippen LogP contribution >= 0.6 is 0 Å². The first kappa shape index (κ1) is 14.4. The number of carboxylic acids is 1. The van der Waals surface area contributed by atoms with Crippen molar-refractivity contribution in [2.24, 2.45) is 0 Å². The standard InChI is InChI=1S/C17H22O4/c1-12-10-13(16(18)19)4-5-15(12)20-11-14-6-9-17(21-14)7-2-3-8-17/h4-5,10,14H,2-3,6-9,11H2,1H3,(H,18,19). The van der Waals surface area contributed by atoms with Crippen molar-refractivity contribution < 1.29 is 19.4 Å². The Labute approximate surface area is 125 Å². The average Bonchev–Trinajstić information content (AvgIpc) is 3.08. The molecule has 1 unspecified atom stereocenters. The summed E-state index contributed by atoms with van der Waals surface area (Å²) >= 11 is 0. The van der Waals surface area contributed by atoms with E-state index < -0.39 is 5.97 Å². The molecule has 2 fully saturated rings. The summed E-state index contributed by atoms with van der Waals surface area (Å²) in [6.07, 6.45) is 7.32. The van der Waals surface area contributed by atoms with E-state index in [0.717, 1.165) is 24.2 Å². The summed E-state index contributed by atoms with van der Waals surface area (Å²) in [6.45, 7) is 2.42. The fraction of sp³-hybridized carbons (Fsp3) is 0.588. The fourth-order valence-corrected chi connectivity index (χ4v) is 3.53. The van der Waals surface area contributed by atoms with Gasteiger partial charge in [0.1, 0.15) is 12.4 Å². The van der Waals surface area contributed by atoms with Gasteiger partial charge in [-0.05, 0) is 56.4 Å². The predicted molar refractivity (Wildman–Crippen MR) is 78.9 cm³/mol. The van der Waals surface area contributed by atoms with Crippen LogP contribution in [0.5, 0.6) is 5.75 Å². The highest BCUT2D eigenvalue weighted by Gasteiger charge is 2.42. The molecule has 1 aliphatic heterocycles. The van der Waals surface area contributed by atoms with Crippen LogP contribution < -0.4 is 4.74 Å². The molecule has 0 amide bonds. The van der Waals surface area contributed by atoms with Crippen LogP contribution in [0.4, 0.5) is 0 Å². The van der Waals surface area contributed by atoms with Gasteiger partial charge in [-0.15, -0.1) is 0 Å². The maximum Gasteiger partial charge on any atom is 0.335 e. The lowest BCUT2D eigenvalue weighted by atomic mass is 9.98. The lowest BCUT2D eigenvalue weighted by molar-refractivity contribution is -0.0509. The zero-order valence-electron chi connectivity index (χ0n) is 12.4. The summed E-state index contributed by atoms with van der Waals surface area (Å²) in [4.78, 5) is 10.9. The van der Waals surface area contributed by atoms with Crippen molar-refractivity contribution in [1.82, 2.24) is 0 Å². The van der Waals surface area contributed by atoms with E-state index in [1.807, 2.05) is 6.92 Å². The Morgan fingerprint density at radius 1 is 1.38 bits per heavy atom. The summed E-state index contributed by atoms with van der Waals surface area (Å²) in [5, 5.41) is 8.96. The van der Waals surface area contributed by atoms with E-state index in [-0.39, 0.29) is 11.7 Å². The van der Waals surface area contributed by atoms with Crippen molar-refractivity contribution in [3.05, 3.63) is 29.3 Å². The van der Waals surface area contributed by atoms with Crippen LogP contribution in [0.25, 0.3) is 0 Å². The van der Waals surface area contributed by atoms with Crippen LogP contribution in [0.15, 0.2) is 18.2 Å². The second kappa shape index (κ2) is 5.68. The Morgan fingerprint density at radius 2 is 2.14 bits per heavy atom. The SMILES string of the molecule is Cc1cc(C(=O)O)ccc1OCC1CCC2(CCCC2)O1. The number of aryl methyl sites for hydroxylation is 1. The van der Waals surface area contributed by atoms with Crippen molar-refractivity contribution >= 4 is 5.97 Å². The van der Waals surface area contributed by atoms with Crippen molar-refractivity contribution in [3.8, 4) is 5.75 Å². The molecule has 0 bridgehead atoms. The molecule has 1 aromatic rings. The molecule has 4 nitrogen and oxygen atoms in total. The summed E-state index contributed by atoms with van der Waals surface area (Å²) < 4.78 is 12.1. The second-order valence-corrected chi connectivity index (χ2v) is 6.27. The van der Waals surface area contributed by atoms with Gasteiger partial charge in [-0.3, -0.25) is 0 Å². The Balaban J connectivity index is 1.57. The fourth-order valence-electron chi connectivity index (χ4n) is 3.53. The van der Waals surface area contributed by atoms with Crippen molar-refractivity contribution in [3.63, 3.8) is 0 Å². The molecule has 1 saturated heterocycles. The minimum Gasteiger partial charge on any atom is -0.491 e. The first-order valence-corrected chi connectivity index (χ1v) is 7.73. The summed E-state index contributed by atoms with van der Waals surface area (Å²) in [5.74, 6) is -0.164. The molecule has 1 spiro atoms. The number of benzene rings is 1. The molecule has 2 aliphatic rings. The molecule has 1 atom stereocenters. The Morgan fingerprint density at radius 3 is 2.81 bits per heavy atom. The maximum absolute atomic E-state index is 10.9. The Hall–Kier alpha value is -1.55. The van der Waals surface area contributed by atoms with Crippen molar-refractivity contribution in [2.75, 3.05) is 6.61 Å². The number of carbonyl (C=O) groups is 1. The van der Waals surface area contributed by atoms with Gasteiger partial charge in [0.15, 0.2) is 0 Å². The number of hydrogen-bond donors (Lipinski definition) is 1. The molecule has 1 aliphatic carbocycles. The molecule has 3 rings (SSSR count). The number of ether oxygens (including phenoxy) is 2. The monoisotopic (exact) mass is 290 g/mol. The van der Waals surface area contributed by atoms with Crippen LogP contribution in [0.2, 0.25) is 0 Å². The Kier molecular flexibility index (Phi) is 3.89. The van der Waals surface area contributed by atoms with E-state index in [9.17, 15) is 4.79 Å². The van der Waals surface area contributed by atoms with E-state index in [2.05, 4.69) is 0 Å². The normalized spacial score (nSPS) is 23.6. The molecule has 0 radical (unpaired) electrons. The molecule has 1 aromatic carbocycles. The van der Waals surface area contributed by atoms with E-state index in [0.29, 0.717) is 12.2 Å². The predicted octanol–water partition coefficient (Wildman–Crippen LogP) is 3.56. The molecule has 1 N–H and O–H groups in total. The zero-order valence-corrected chi connectivity index (χ0v) is 12.4. The Bertz CT molecular complexity index is 532. The van der Waals surface area contributed by atoms with E-state index in [4.69, 9.17) is 14.6 Å². The minimum absolute atomic E-state index is 0.135. The third kappa shape index (κ3) is 3.05. The summed E-state index contributed by atoms with van der Waals surface area (Å²) in [5.41, 5.74) is 1.28. The molecular weight excluding hydrogens is 268 g/mol. The molecule has 114 valence electrons. The van der Waals surface area contributed by atoms with Gasteiger partial charge in [0, 0.05) is 0 Å². The van der Waals surface area contributed by atoms with Crippen LogP contribution in [-0.2, 0) is 4.74 Å². The number of rotatable bonds is 4. The highest BCUT2D eigenvalue weighted by Crippen LogP contribution is 2.43. The average molecular weight is 290 g/mol. The second-order valence-electron chi connectivity index (χ2n) is 6.27. The van der Waals surface area contributed by atoms with Gasteiger partial charge >= 0.3 is 5.97 Å². The third-order valence-electron chi connectivity index (χ3n) is 4.70. The zero-order chi connectivity index (χ0) is 14.9. The molecule has 1 heterocycles. The third-order valence-corrected chi connectivity index (χ3v) is 4.70. The quantitative estimate of drug-likeness (QED) is 0.921. The largest absolute Gasteiger partial charge is 0.491 e. The van der Waals surface area contributed by atoms with Crippen LogP contribution in [0, 0.1) is 6.92 Å². The maximum atomic E-state index is 10.9. The van der Waals surface area contributed by atoms with Crippen LogP contribution in [-0.4, -0.2) is 29.4 Å². The lowest BCUT2D eigenvalue weighted by Gasteiger charge is -2.24. The van der Waals surface area contributed by atoms with E-state index in [1.165, 1.54) is 25.7 Å². The number of aromatic carboxylic acids is 1. The topological polar surface area (TPSA) is 55.8 Å². The van der Waals surface area contributed by atoms with E-state index >= 15 is 0 Å². The highest BCUT2D eigenvalue weighted by atomic mass is 16.6. The van der Waals surface area contributed by atoms with Crippen LogP contribution in [0.3, 0.4) is 0 Å². The van der Waals surface area contributed by atoms with Gasteiger partial charge in [0.05, 0.1) is 17.3 Å². The van der Waals surface area contributed by atoms with Crippen molar-refractivity contribution in [1.29, 1.82) is 0 Å². The van der Waals surface area contributed by atoms with Gasteiger partial charge < -0.3 is 14.6 Å². The summed E-state index contributed by atoms with van der Waals surface area (Å²) in [6, 6.07) is 4.96. The van der Waals surface area contributed by atoms with Gasteiger partial charge in [-0.2, -0.15) is 0 Å². The lowest BCUT2D eigenvalue weighted by Crippen LogP contribution is -2.27. The molecule has 21 heavy (non-hydrogen) atoms. The smallest absolute Gasteiger partial charge is 0.335 e. The minimum atomic E-state index is -0.910. The summed E-state index contributed by atoms with van der Waals surface area (Å²) in [7, 11) is 0. The molecular formula is C17H22O4. The molecule has 0 aromatic heterocycles. The van der Waals surface area contributed by atoms with Gasteiger partial charge in [0.2, 0.25) is 0 Å². The van der Waals surface area contributed by atoms with Gasteiger partial charge in [-0.1, -0.05) is 12.8 Å². The van der Waals surface area contributed by atoms with Gasteiger partial charge in [-0.25, -0.2) is 4.79 Å². The first-order valence-electron chi connectivity index (χ1n) is 7.73. The first-order chi connectivity index (χ1) is 10.1.